The van der Waals surface area contributed by atoms with Crippen LogP contribution < -0.4 is 10.3 Å². The van der Waals surface area contributed by atoms with Crippen molar-refractivity contribution in [1.29, 1.82) is 0 Å². The number of aryl methyl sites for hydroxylation is 1. The van der Waals surface area contributed by atoms with Crippen molar-refractivity contribution in [1.82, 2.24) is 9.88 Å². The number of amides is 1. The van der Waals surface area contributed by atoms with Gasteiger partial charge >= 0.3 is 0 Å². The maximum atomic E-state index is 12.4. The average molecular weight is 350 g/mol. The quantitative estimate of drug-likeness (QED) is 0.743. The van der Waals surface area contributed by atoms with E-state index in [0.717, 1.165) is 16.5 Å². The van der Waals surface area contributed by atoms with Crippen LogP contribution in [0.5, 0.6) is 5.75 Å². The Morgan fingerprint density at radius 2 is 1.88 bits per heavy atom. The highest BCUT2D eigenvalue weighted by Crippen LogP contribution is 2.19. The van der Waals surface area contributed by atoms with Crippen molar-refractivity contribution >= 4 is 16.8 Å². The zero-order valence-corrected chi connectivity index (χ0v) is 15.0. The number of carbonyl (C=O) groups is 1. The molecule has 0 radical (unpaired) electrons. The number of hydrogen-bond acceptors (Lipinski definition) is 3. The van der Waals surface area contributed by atoms with Crippen LogP contribution in [0.15, 0.2) is 59.4 Å². The molecule has 0 aliphatic heterocycles. The van der Waals surface area contributed by atoms with Crippen LogP contribution in [0.25, 0.3) is 10.9 Å². The molecule has 0 spiro atoms. The molecular formula is C21H22N2O3. The molecule has 1 heterocycles. The maximum Gasteiger partial charge on any atom is 0.251 e. The first kappa shape index (κ1) is 17.7. The molecule has 1 N–H and O–H groups in total. The number of ether oxygens (including phenoxy) is 1. The molecule has 0 aliphatic rings. The Balaban J connectivity index is 1.68. The lowest BCUT2D eigenvalue weighted by Crippen LogP contribution is -2.27. The van der Waals surface area contributed by atoms with Crippen LogP contribution in [-0.2, 0) is 17.8 Å². The van der Waals surface area contributed by atoms with Gasteiger partial charge in [-0.05, 0) is 35.6 Å². The minimum atomic E-state index is -0.163. The number of nitrogens with zero attached hydrogens (tertiary/aromatic N) is 1. The Kier molecular flexibility index (Phi) is 5.37. The van der Waals surface area contributed by atoms with E-state index in [1.807, 2.05) is 48.5 Å². The summed E-state index contributed by atoms with van der Waals surface area (Å²) in [7, 11) is 3.37. The lowest BCUT2D eigenvalue weighted by molar-refractivity contribution is -0.130. The number of aromatic amines is 1. The monoisotopic (exact) mass is 350 g/mol. The van der Waals surface area contributed by atoms with Crippen LogP contribution in [0, 0.1) is 0 Å². The number of benzene rings is 2. The molecule has 3 aromatic rings. The molecule has 0 unspecified atom stereocenters. The van der Waals surface area contributed by atoms with Gasteiger partial charge in [-0.25, -0.2) is 0 Å². The van der Waals surface area contributed by atoms with Gasteiger partial charge in [0.2, 0.25) is 5.91 Å². The first-order valence-corrected chi connectivity index (χ1v) is 8.54. The molecule has 0 aliphatic carbocycles. The molecule has 134 valence electrons. The fourth-order valence-electron chi connectivity index (χ4n) is 2.92. The zero-order valence-electron chi connectivity index (χ0n) is 15.0. The minimum absolute atomic E-state index is 0.0167. The zero-order chi connectivity index (χ0) is 18.5. The average Bonchev–Trinajstić information content (AvgIpc) is 2.66. The van der Waals surface area contributed by atoms with Gasteiger partial charge in [-0.15, -0.1) is 0 Å². The van der Waals surface area contributed by atoms with Gasteiger partial charge in [0.1, 0.15) is 5.75 Å². The van der Waals surface area contributed by atoms with Gasteiger partial charge in [-0.1, -0.05) is 30.3 Å². The maximum absolute atomic E-state index is 12.4. The van der Waals surface area contributed by atoms with E-state index in [9.17, 15) is 9.59 Å². The molecule has 3 rings (SSSR count). The first-order chi connectivity index (χ1) is 12.6. The third kappa shape index (κ3) is 4.11. The Labute approximate surface area is 152 Å². The highest BCUT2D eigenvalue weighted by Gasteiger charge is 2.11. The van der Waals surface area contributed by atoms with Crippen molar-refractivity contribution in [2.45, 2.75) is 19.4 Å². The van der Waals surface area contributed by atoms with Gasteiger partial charge in [0, 0.05) is 31.6 Å². The number of methoxy groups -OCH3 is 1. The Morgan fingerprint density at radius 3 is 2.62 bits per heavy atom. The standard InChI is InChI=1S/C21H22N2O3/c1-23(14-15-6-4-3-5-7-15)20(24)11-9-17-12-16-8-10-18(26-2)13-19(16)22-21(17)25/h3-8,10,12-13H,9,11,14H2,1-2H3,(H,22,25). The number of fused-ring (bicyclic) bond motifs is 1. The number of H-pyrrole nitrogens is 1. The summed E-state index contributed by atoms with van der Waals surface area (Å²) in [6.45, 7) is 0.563. The lowest BCUT2D eigenvalue weighted by atomic mass is 10.1. The van der Waals surface area contributed by atoms with E-state index in [0.29, 0.717) is 30.7 Å². The van der Waals surface area contributed by atoms with E-state index in [1.54, 1.807) is 25.1 Å². The third-order valence-corrected chi connectivity index (χ3v) is 4.43. The number of aromatic nitrogens is 1. The summed E-state index contributed by atoms with van der Waals surface area (Å²) in [5.41, 5.74) is 2.26. The van der Waals surface area contributed by atoms with Gasteiger partial charge in [0.05, 0.1) is 12.6 Å². The molecule has 0 saturated carbocycles. The van der Waals surface area contributed by atoms with Gasteiger partial charge in [0.15, 0.2) is 0 Å². The molecular weight excluding hydrogens is 328 g/mol. The Bertz CT molecular complexity index is 964. The van der Waals surface area contributed by atoms with Gasteiger partial charge in [-0.3, -0.25) is 9.59 Å². The van der Waals surface area contributed by atoms with Crippen molar-refractivity contribution in [3.63, 3.8) is 0 Å². The molecule has 1 aromatic heterocycles. The molecule has 26 heavy (non-hydrogen) atoms. The van der Waals surface area contributed by atoms with Crippen LogP contribution >= 0.6 is 0 Å². The number of carbonyl (C=O) groups excluding carboxylic acids is 1. The largest absolute Gasteiger partial charge is 0.497 e. The molecule has 2 aromatic carbocycles. The summed E-state index contributed by atoms with van der Waals surface area (Å²) < 4.78 is 5.17. The van der Waals surface area contributed by atoms with Crippen LogP contribution in [-0.4, -0.2) is 29.9 Å². The van der Waals surface area contributed by atoms with E-state index >= 15 is 0 Å². The molecule has 0 saturated heterocycles. The van der Waals surface area contributed by atoms with E-state index in [-0.39, 0.29) is 11.5 Å². The first-order valence-electron chi connectivity index (χ1n) is 8.54. The number of pyridine rings is 1. The second-order valence-electron chi connectivity index (χ2n) is 6.31. The molecule has 0 atom stereocenters. The van der Waals surface area contributed by atoms with E-state index < -0.39 is 0 Å². The van der Waals surface area contributed by atoms with Crippen LogP contribution in [0.4, 0.5) is 0 Å². The van der Waals surface area contributed by atoms with Crippen molar-refractivity contribution in [3.05, 3.63) is 76.1 Å². The Hall–Kier alpha value is -3.08. The van der Waals surface area contributed by atoms with Crippen molar-refractivity contribution < 1.29 is 9.53 Å². The van der Waals surface area contributed by atoms with Gasteiger partial charge in [0.25, 0.3) is 5.56 Å². The third-order valence-electron chi connectivity index (χ3n) is 4.43. The van der Waals surface area contributed by atoms with Crippen molar-refractivity contribution in [2.75, 3.05) is 14.2 Å². The SMILES string of the molecule is COc1ccc2cc(CCC(=O)N(C)Cc3ccccc3)c(=O)[nH]c2c1. The fourth-order valence-corrected chi connectivity index (χ4v) is 2.92. The molecule has 1 amide bonds. The summed E-state index contributed by atoms with van der Waals surface area (Å²) in [5.74, 6) is 0.710. The fraction of sp³-hybridized carbons (Fsp3) is 0.238. The smallest absolute Gasteiger partial charge is 0.251 e. The predicted octanol–water partition coefficient (Wildman–Crippen LogP) is 3.13. The van der Waals surface area contributed by atoms with Crippen LogP contribution in [0.1, 0.15) is 17.5 Å². The molecule has 5 nitrogen and oxygen atoms in total. The van der Waals surface area contributed by atoms with Crippen molar-refractivity contribution in [3.8, 4) is 5.75 Å². The number of nitrogens with one attached hydrogen (secondary N) is 1. The summed E-state index contributed by atoms with van der Waals surface area (Å²) in [6.07, 6.45) is 0.712. The van der Waals surface area contributed by atoms with E-state index in [1.165, 1.54) is 0 Å². The summed E-state index contributed by atoms with van der Waals surface area (Å²) in [6, 6.07) is 17.2. The molecule has 0 fully saturated rings. The Morgan fingerprint density at radius 1 is 1.12 bits per heavy atom. The van der Waals surface area contributed by atoms with Gasteiger partial charge in [-0.2, -0.15) is 0 Å². The van der Waals surface area contributed by atoms with Crippen LogP contribution in [0.3, 0.4) is 0 Å². The second kappa shape index (κ2) is 7.87. The van der Waals surface area contributed by atoms with Crippen molar-refractivity contribution in [2.24, 2.45) is 0 Å². The van der Waals surface area contributed by atoms with E-state index in [2.05, 4.69) is 4.98 Å². The lowest BCUT2D eigenvalue weighted by Gasteiger charge is -2.17. The minimum Gasteiger partial charge on any atom is -0.497 e. The molecule has 5 heteroatoms. The number of rotatable bonds is 6. The second-order valence-corrected chi connectivity index (χ2v) is 6.31. The highest BCUT2D eigenvalue weighted by molar-refractivity contribution is 5.81. The summed E-state index contributed by atoms with van der Waals surface area (Å²) in [5, 5.41) is 0.922. The normalized spacial score (nSPS) is 10.7. The van der Waals surface area contributed by atoms with E-state index in [4.69, 9.17) is 4.74 Å². The summed E-state index contributed by atoms with van der Waals surface area (Å²) >= 11 is 0. The number of hydrogen-bond donors (Lipinski definition) is 1. The predicted molar refractivity (Wildman–Crippen MR) is 102 cm³/mol. The highest BCUT2D eigenvalue weighted by atomic mass is 16.5. The molecule has 0 bridgehead atoms. The van der Waals surface area contributed by atoms with Crippen LogP contribution in [0.2, 0.25) is 0 Å². The van der Waals surface area contributed by atoms with Gasteiger partial charge < -0.3 is 14.6 Å². The summed E-state index contributed by atoms with van der Waals surface area (Å²) in [4.78, 5) is 29.2. The topological polar surface area (TPSA) is 62.4 Å².